The SMILES string of the molecule is CC.[B]C(C)(C)Nc1cc(C)c(Cl)cn1. The molecule has 0 aliphatic rings. The third-order valence-electron chi connectivity index (χ3n) is 1.50. The van der Waals surface area contributed by atoms with Crippen molar-refractivity contribution in [2.45, 2.75) is 40.1 Å². The van der Waals surface area contributed by atoms with Crippen LogP contribution in [0.2, 0.25) is 5.02 Å². The van der Waals surface area contributed by atoms with Crippen LogP contribution in [0, 0.1) is 6.92 Å². The maximum Gasteiger partial charge on any atom is 0.126 e. The van der Waals surface area contributed by atoms with Gasteiger partial charge in [0.25, 0.3) is 0 Å². The molecule has 2 nitrogen and oxygen atoms in total. The van der Waals surface area contributed by atoms with Gasteiger partial charge < -0.3 is 5.32 Å². The summed E-state index contributed by atoms with van der Waals surface area (Å²) in [5, 5.41) is 3.72. The van der Waals surface area contributed by atoms with Crippen LogP contribution < -0.4 is 5.32 Å². The number of nitrogens with zero attached hydrogens (tertiary/aromatic N) is 1. The fourth-order valence-electron chi connectivity index (χ4n) is 0.938. The Bertz CT molecular complexity index is 308. The highest BCUT2D eigenvalue weighted by Gasteiger charge is 2.09. The minimum absolute atomic E-state index is 0.465. The molecule has 0 aliphatic heterocycles. The number of pyridine rings is 1. The number of anilines is 1. The maximum absolute atomic E-state index is 5.83. The minimum Gasteiger partial charge on any atom is -0.374 e. The van der Waals surface area contributed by atoms with Crippen molar-refractivity contribution < 1.29 is 0 Å². The Kier molecular flexibility index (Phi) is 5.73. The van der Waals surface area contributed by atoms with Gasteiger partial charge in [-0.25, -0.2) is 4.98 Å². The number of halogens is 1. The second-order valence-corrected chi connectivity index (χ2v) is 4.07. The fourth-order valence-corrected chi connectivity index (χ4v) is 1.04. The zero-order valence-corrected chi connectivity index (χ0v) is 10.8. The van der Waals surface area contributed by atoms with Crippen LogP contribution in [0.25, 0.3) is 0 Å². The molecule has 0 fully saturated rings. The van der Waals surface area contributed by atoms with Crippen LogP contribution in [0.5, 0.6) is 0 Å². The van der Waals surface area contributed by atoms with Crippen LogP contribution in [0.4, 0.5) is 5.82 Å². The van der Waals surface area contributed by atoms with E-state index in [1.54, 1.807) is 6.20 Å². The lowest BCUT2D eigenvalue weighted by Crippen LogP contribution is -2.31. The first-order valence-corrected chi connectivity index (χ1v) is 5.45. The number of aromatic nitrogens is 1. The molecule has 0 saturated carbocycles. The second-order valence-electron chi connectivity index (χ2n) is 3.67. The number of hydrogen-bond acceptors (Lipinski definition) is 2. The van der Waals surface area contributed by atoms with E-state index in [0.29, 0.717) is 5.02 Å². The lowest BCUT2D eigenvalue weighted by Gasteiger charge is -2.22. The summed E-state index contributed by atoms with van der Waals surface area (Å²) in [6, 6.07) is 1.87. The molecule has 82 valence electrons. The Morgan fingerprint density at radius 2 is 1.93 bits per heavy atom. The van der Waals surface area contributed by atoms with E-state index in [2.05, 4.69) is 10.3 Å². The summed E-state index contributed by atoms with van der Waals surface area (Å²) in [6.07, 6.45) is 1.62. The number of nitrogens with one attached hydrogen (secondary N) is 1. The van der Waals surface area contributed by atoms with Gasteiger partial charge in [0, 0.05) is 6.20 Å². The molecule has 0 saturated heterocycles. The molecule has 0 bridgehead atoms. The summed E-state index contributed by atoms with van der Waals surface area (Å²) in [5.41, 5.74) is 0.524. The van der Waals surface area contributed by atoms with Gasteiger partial charge in [-0.1, -0.05) is 39.3 Å². The van der Waals surface area contributed by atoms with E-state index in [-0.39, 0.29) is 0 Å². The summed E-state index contributed by atoms with van der Waals surface area (Å²) in [5.74, 6) is 0.745. The molecule has 0 aliphatic carbocycles. The summed E-state index contributed by atoms with van der Waals surface area (Å²) in [4.78, 5) is 4.10. The summed E-state index contributed by atoms with van der Waals surface area (Å²) in [7, 11) is 5.77. The molecule has 0 atom stereocenters. The fraction of sp³-hybridized carbons (Fsp3) is 0.545. The summed E-state index contributed by atoms with van der Waals surface area (Å²) >= 11 is 5.83. The van der Waals surface area contributed by atoms with Crippen LogP contribution in [-0.4, -0.2) is 18.3 Å². The van der Waals surface area contributed by atoms with Crippen molar-refractivity contribution in [3.63, 3.8) is 0 Å². The largest absolute Gasteiger partial charge is 0.374 e. The summed E-state index contributed by atoms with van der Waals surface area (Å²) < 4.78 is 0. The van der Waals surface area contributed by atoms with Crippen molar-refractivity contribution in [2.24, 2.45) is 0 Å². The summed E-state index contributed by atoms with van der Waals surface area (Å²) in [6.45, 7) is 9.68. The van der Waals surface area contributed by atoms with E-state index in [0.717, 1.165) is 11.4 Å². The topological polar surface area (TPSA) is 24.9 Å². The van der Waals surface area contributed by atoms with Gasteiger partial charge in [-0.3, -0.25) is 0 Å². The van der Waals surface area contributed by atoms with E-state index < -0.39 is 5.44 Å². The number of rotatable bonds is 2. The van der Waals surface area contributed by atoms with Crippen molar-refractivity contribution >= 4 is 25.3 Å². The highest BCUT2D eigenvalue weighted by atomic mass is 35.5. The molecule has 1 aromatic rings. The van der Waals surface area contributed by atoms with Crippen LogP contribution in [0.1, 0.15) is 33.3 Å². The lowest BCUT2D eigenvalue weighted by molar-refractivity contribution is 0.797. The van der Waals surface area contributed by atoms with Gasteiger partial charge in [-0.05, 0) is 24.0 Å². The molecule has 0 aromatic carbocycles. The molecule has 0 unspecified atom stereocenters. The highest BCUT2D eigenvalue weighted by molar-refractivity contribution is 6.31. The van der Waals surface area contributed by atoms with Gasteiger partial charge in [-0.2, -0.15) is 0 Å². The zero-order chi connectivity index (χ0) is 12.1. The Labute approximate surface area is 98.9 Å². The number of aryl methyl sites for hydroxylation is 1. The molecule has 0 spiro atoms. The monoisotopic (exact) mass is 224 g/mol. The van der Waals surface area contributed by atoms with Crippen LogP contribution in [0.3, 0.4) is 0 Å². The third kappa shape index (κ3) is 5.68. The van der Waals surface area contributed by atoms with Gasteiger partial charge in [0.15, 0.2) is 0 Å². The van der Waals surface area contributed by atoms with Crippen LogP contribution in [-0.2, 0) is 0 Å². The van der Waals surface area contributed by atoms with Crippen molar-refractivity contribution in [1.29, 1.82) is 0 Å². The minimum atomic E-state index is -0.465. The van der Waals surface area contributed by atoms with E-state index in [9.17, 15) is 0 Å². The van der Waals surface area contributed by atoms with Crippen molar-refractivity contribution in [2.75, 3.05) is 5.32 Å². The van der Waals surface area contributed by atoms with Gasteiger partial charge >= 0.3 is 0 Å². The normalized spacial score (nSPS) is 10.3. The quantitative estimate of drug-likeness (QED) is 0.779. The Hall–Kier alpha value is -0.695. The molecule has 1 aromatic heterocycles. The smallest absolute Gasteiger partial charge is 0.126 e. The first-order valence-electron chi connectivity index (χ1n) is 5.08. The standard InChI is InChI=1S/C9H12BClN2.C2H6/c1-6-4-8(12-5-7(6)11)13-9(2,3)10;1-2/h4-5H,1-3H3,(H,12,13);1-2H3. The van der Waals surface area contributed by atoms with Gasteiger partial charge in [0.1, 0.15) is 13.7 Å². The Morgan fingerprint density at radius 1 is 1.40 bits per heavy atom. The van der Waals surface area contributed by atoms with Crippen molar-refractivity contribution in [1.82, 2.24) is 4.98 Å². The highest BCUT2D eigenvalue weighted by Crippen LogP contribution is 2.18. The molecule has 1 heterocycles. The van der Waals surface area contributed by atoms with Crippen molar-refractivity contribution in [3.8, 4) is 0 Å². The Balaban J connectivity index is 0.000000921. The van der Waals surface area contributed by atoms with E-state index >= 15 is 0 Å². The number of hydrogen-bond donors (Lipinski definition) is 1. The molecule has 1 rings (SSSR count). The van der Waals surface area contributed by atoms with Crippen LogP contribution in [0.15, 0.2) is 12.3 Å². The van der Waals surface area contributed by atoms with Gasteiger partial charge in [-0.15, -0.1) is 0 Å². The first-order chi connectivity index (χ1) is 6.88. The molecular formula is C11H18BClN2. The first kappa shape index (κ1) is 14.3. The predicted octanol–water partition coefficient (Wildman–Crippen LogP) is 3.39. The molecule has 2 radical (unpaired) electrons. The average molecular weight is 225 g/mol. The molecule has 1 N–H and O–H groups in total. The van der Waals surface area contributed by atoms with Gasteiger partial charge in [0.2, 0.25) is 0 Å². The average Bonchev–Trinajstić information content (AvgIpc) is 2.12. The van der Waals surface area contributed by atoms with Crippen LogP contribution >= 0.6 is 11.6 Å². The van der Waals surface area contributed by atoms with Crippen molar-refractivity contribution in [3.05, 3.63) is 22.8 Å². The van der Waals surface area contributed by atoms with E-state index in [1.807, 2.05) is 40.7 Å². The molecule has 4 heteroatoms. The van der Waals surface area contributed by atoms with E-state index in [1.165, 1.54) is 0 Å². The molecule has 15 heavy (non-hydrogen) atoms. The zero-order valence-electron chi connectivity index (χ0n) is 10.1. The predicted molar refractivity (Wildman–Crippen MR) is 68.8 cm³/mol. The Morgan fingerprint density at radius 3 is 2.33 bits per heavy atom. The molecular weight excluding hydrogens is 206 g/mol. The maximum atomic E-state index is 5.83. The lowest BCUT2D eigenvalue weighted by atomic mass is 9.82. The second kappa shape index (κ2) is 6.01. The third-order valence-corrected chi connectivity index (χ3v) is 1.89. The van der Waals surface area contributed by atoms with Gasteiger partial charge in [0.05, 0.1) is 5.02 Å². The van der Waals surface area contributed by atoms with E-state index in [4.69, 9.17) is 19.4 Å². The molecule has 0 amide bonds.